The highest BCUT2D eigenvalue weighted by atomic mass is 19.1. The largest absolute Gasteiger partial charge is 0.486 e. The van der Waals surface area contributed by atoms with Gasteiger partial charge in [-0.2, -0.15) is 5.26 Å². The van der Waals surface area contributed by atoms with Gasteiger partial charge < -0.3 is 20.1 Å². The Morgan fingerprint density at radius 3 is 2.71 bits per heavy atom. The number of aromatic nitrogens is 1. The highest BCUT2D eigenvalue weighted by Crippen LogP contribution is 2.52. The second kappa shape index (κ2) is 9.39. The number of aliphatic hydroxyl groups excluding tert-OH is 1. The monoisotopic (exact) mass is 466 g/mol. The third-order valence-corrected chi connectivity index (χ3v) is 6.52. The van der Waals surface area contributed by atoms with Crippen LogP contribution in [0.2, 0.25) is 0 Å². The van der Waals surface area contributed by atoms with Gasteiger partial charge >= 0.3 is 0 Å². The third-order valence-electron chi connectivity index (χ3n) is 6.52. The number of rotatable bonds is 6. The lowest BCUT2D eigenvalue weighted by Crippen LogP contribution is -2.50. The lowest BCUT2D eigenvalue weighted by molar-refractivity contribution is -0.138. The SMILES string of the molecule is CC1(C)CC1C(=O)Nc1cc(-c2ccc(O[C@H]3CCN(C(=O)CO)C[C@H]3F)c(C#N)c2)ccn1. The molecule has 1 unspecified atom stereocenters. The quantitative estimate of drug-likeness (QED) is 0.676. The number of hydrogen-bond acceptors (Lipinski definition) is 6. The number of carbonyl (C=O) groups is 2. The number of aliphatic hydroxyl groups is 1. The summed E-state index contributed by atoms with van der Waals surface area (Å²) in [7, 11) is 0. The van der Waals surface area contributed by atoms with Crippen molar-refractivity contribution in [2.24, 2.45) is 11.3 Å². The van der Waals surface area contributed by atoms with Crippen LogP contribution in [-0.4, -0.2) is 58.8 Å². The van der Waals surface area contributed by atoms with E-state index in [0.717, 1.165) is 17.5 Å². The number of ether oxygens (including phenoxy) is 1. The van der Waals surface area contributed by atoms with Gasteiger partial charge in [0.25, 0.3) is 0 Å². The lowest BCUT2D eigenvalue weighted by Gasteiger charge is -2.34. The van der Waals surface area contributed by atoms with Crippen molar-refractivity contribution in [2.75, 3.05) is 25.0 Å². The molecule has 178 valence electrons. The van der Waals surface area contributed by atoms with Crippen LogP contribution in [0.25, 0.3) is 11.1 Å². The highest BCUT2D eigenvalue weighted by molar-refractivity contribution is 5.94. The van der Waals surface area contributed by atoms with Crippen molar-refractivity contribution in [3.8, 4) is 22.9 Å². The summed E-state index contributed by atoms with van der Waals surface area (Å²) in [6, 6.07) is 10.7. The van der Waals surface area contributed by atoms with E-state index in [1.54, 1.807) is 36.5 Å². The number of anilines is 1. The Hall–Kier alpha value is -3.51. The molecular formula is C25H27FN4O4. The predicted octanol–water partition coefficient (Wildman–Crippen LogP) is 2.91. The molecule has 1 aliphatic heterocycles. The first-order valence-corrected chi connectivity index (χ1v) is 11.2. The average molecular weight is 467 g/mol. The molecule has 4 rings (SSSR count). The van der Waals surface area contributed by atoms with Crippen LogP contribution in [0.3, 0.4) is 0 Å². The molecule has 9 heteroatoms. The second-order valence-corrected chi connectivity index (χ2v) is 9.45. The van der Waals surface area contributed by atoms with E-state index in [4.69, 9.17) is 9.84 Å². The number of likely N-dealkylation sites (tertiary alicyclic amines) is 1. The zero-order chi connectivity index (χ0) is 24.5. The summed E-state index contributed by atoms with van der Waals surface area (Å²) in [5, 5.41) is 21.5. The molecule has 2 aromatic rings. The van der Waals surface area contributed by atoms with Gasteiger partial charge in [-0.05, 0) is 47.2 Å². The Bertz CT molecular complexity index is 1150. The van der Waals surface area contributed by atoms with Gasteiger partial charge in [-0.3, -0.25) is 9.59 Å². The molecule has 0 bridgehead atoms. The lowest BCUT2D eigenvalue weighted by atomic mass is 10.0. The number of benzene rings is 1. The van der Waals surface area contributed by atoms with Gasteiger partial charge in [0, 0.05) is 25.1 Å². The minimum absolute atomic E-state index is 0.0167. The molecule has 1 saturated carbocycles. The molecule has 34 heavy (non-hydrogen) atoms. The van der Waals surface area contributed by atoms with Crippen molar-refractivity contribution in [3.05, 3.63) is 42.1 Å². The van der Waals surface area contributed by atoms with Crippen LogP contribution < -0.4 is 10.1 Å². The Kier molecular flexibility index (Phi) is 6.53. The van der Waals surface area contributed by atoms with Crippen LogP contribution in [-0.2, 0) is 9.59 Å². The van der Waals surface area contributed by atoms with Crippen LogP contribution in [0.1, 0.15) is 32.3 Å². The molecule has 2 fully saturated rings. The number of nitrogens with one attached hydrogen (secondary N) is 1. The first-order valence-electron chi connectivity index (χ1n) is 11.2. The molecule has 0 spiro atoms. The number of halogens is 1. The molecule has 1 aliphatic carbocycles. The fourth-order valence-corrected chi connectivity index (χ4v) is 4.21. The minimum Gasteiger partial charge on any atom is -0.486 e. The zero-order valence-electron chi connectivity index (χ0n) is 19.1. The number of hydrogen-bond donors (Lipinski definition) is 2. The van der Waals surface area contributed by atoms with E-state index in [1.165, 1.54) is 4.90 Å². The second-order valence-electron chi connectivity index (χ2n) is 9.45. The van der Waals surface area contributed by atoms with E-state index in [0.29, 0.717) is 5.82 Å². The van der Waals surface area contributed by atoms with Crippen molar-refractivity contribution >= 4 is 17.6 Å². The van der Waals surface area contributed by atoms with E-state index >= 15 is 0 Å². The van der Waals surface area contributed by atoms with E-state index in [9.17, 15) is 19.2 Å². The maximum atomic E-state index is 14.6. The maximum absolute atomic E-state index is 14.6. The van der Waals surface area contributed by atoms with Crippen LogP contribution in [0.4, 0.5) is 10.2 Å². The van der Waals surface area contributed by atoms with Crippen molar-refractivity contribution in [1.29, 1.82) is 5.26 Å². The Morgan fingerprint density at radius 2 is 2.06 bits per heavy atom. The van der Waals surface area contributed by atoms with Crippen molar-refractivity contribution in [1.82, 2.24) is 9.88 Å². The summed E-state index contributed by atoms with van der Waals surface area (Å²) in [5.41, 5.74) is 1.76. The molecule has 2 heterocycles. The summed E-state index contributed by atoms with van der Waals surface area (Å²) in [6.07, 6.45) is 0.467. The van der Waals surface area contributed by atoms with E-state index in [1.807, 2.05) is 0 Å². The molecule has 3 atom stereocenters. The topological polar surface area (TPSA) is 116 Å². The Balaban J connectivity index is 1.46. The minimum atomic E-state index is -1.43. The van der Waals surface area contributed by atoms with Gasteiger partial charge in [0.2, 0.25) is 11.8 Å². The molecule has 1 aromatic carbocycles. The van der Waals surface area contributed by atoms with Gasteiger partial charge in [0.05, 0.1) is 12.1 Å². The highest BCUT2D eigenvalue weighted by Gasteiger charge is 2.50. The molecular weight excluding hydrogens is 439 g/mol. The molecule has 8 nitrogen and oxygen atoms in total. The van der Waals surface area contributed by atoms with E-state index in [-0.39, 0.29) is 48.1 Å². The molecule has 1 aromatic heterocycles. The number of piperidine rings is 1. The van der Waals surface area contributed by atoms with Gasteiger partial charge in [-0.1, -0.05) is 19.9 Å². The van der Waals surface area contributed by atoms with Crippen molar-refractivity contribution in [2.45, 2.75) is 39.0 Å². The first-order chi connectivity index (χ1) is 16.2. The fraction of sp³-hybridized carbons (Fsp3) is 0.440. The van der Waals surface area contributed by atoms with Gasteiger partial charge in [-0.25, -0.2) is 9.37 Å². The van der Waals surface area contributed by atoms with Crippen molar-refractivity contribution in [3.63, 3.8) is 0 Å². The third kappa shape index (κ3) is 5.02. The smallest absolute Gasteiger partial charge is 0.248 e. The predicted molar refractivity (Wildman–Crippen MR) is 123 cm³/mol. The fourth-order valence-electron chi connectivity index (χ4n) is 4.21. The van der Waals surface area contributed by atoms with Crippen LogP contribution in [0, 0.1) is 22.7 Å². The average Bonchev–Trinajstić information content (AvgIpc) is 3.48. The van der Waals surface area contributed by atoms with E-state index < -0.39 is 24.8 Å². The number of nitriles is 1. The number of pyridine rings is 1. The van der Waals surface area contributed by atoms with Crippen LogP contribution in [0.5, 0.6) is 5.75 Å². The Labute approximate surface area is 197 Å². The molecule has 0 radical (unpaired) electrons. The summed E-state index contributed by atoms with van der Waals surface area (Å²) in [5.74, 6) is 0.112. The number of carbonyl (C=O) groups excluding carboxylic acids is 2. The molecule has 2 amide bonds. The van der Waals surface area contributed by atoms with Gasteiger partial charge in [-0.15, -0.1) is 0 Å². The summed E-state index contributed by atoms with van der Waals surface area (Å²) >= 11 is 0. The van der Waals surface area contributed by atoms with Crippen molar-refractivity contribution < 1.29 is 23.8 Å². The van der Waals surface area contributed by atoms with E-state index in [2.05, 4.69) is 30.2 Å². The number of alkyl halides is 1. The van der Waals surface area contributed by atoms with Gasteiger partial charge in [0.1, 0.15) is 30.3 Å². The molecule has 1 saturated heterocycles. The van der Waals surface area contributed by atoms with Crippen LogP contribution >= 0.6 is 0 Å². The zero-order valence-corrected chi connectivity index (χ0v) is 19.1. The number of nitrogens with zero attached hydrogens (tertiary/aromatic N) is 3. The normalized spacial score (nSPS) is 23.0. The number of amides is 2. The maximum Gasteiger partial charge on any atom is 0.248 e. The summed E-state index contributed by atoms with van der Waals surface area (Å²) in [6.45, 7) is 3.56. The standard InChI is InChI=1S/C25H27FN4O4/c1-25(2)11-18(25)24(33)29-22-10-16(5-7-28-22)15-3-4-20(17(9-15)12-27)34-21-6-8-30(13-19(21)26)23(32)14-31/h3-5,7,9-10,18-19,21,31H,6,8,11,13-14H2,1-2H3,(H,28,29,33)/t18?,19-,21+/m1/s1. The summed E-state index contributed by atoms with van der Waals surface area (Å²) < 4.78 is 20.4. The summed E-state index contributed by atoms with van der Waals surface area (Å²) in [4.78, 5) is 29.5. The van der Waals surface area contributed by atoms with Crippen LogP contribution in [0.15, 0.2) is 36.5 Å². The van der Waals surface area contributed by atoms with Gasteiger partial charge in [0.15, 0.2) is 6.17 Å². The molecule has 2 N–H and O–H groups in total. The molecule has 2 aliphatic rings. The first kappa shape index (κ1) is 23.6. The Morgan fingerprint density at radius 1 is 1.32 bits per heavy atom.